The van der Waals surface area contributed by atoms with Gasteiger partial charge < -0.3 is 13.7 Å². The van der Waals surface area contributed by atoms with Crippen LogP contribution in [0.15, 0.2) is 18.2 Å². The van der Waals surface area contributed by atoms with Crippen molar-refractivity contribution in [2.75, 3.05) is 7.11 Å². The minimum atomic E-state index is -5.10. The van der Waals surface area contributed by atoms with Crippen molar-refractivity contribution >= 4 is 16.3 Å². The zero-order chi connectivity index (χ0) is 13.8. The van der Waals surface area contributed by atoms with Crippen LogP contribution in [0.2, 0.25) is 0 Å². The first-order valence-electron chi connectivity index (χ1n) is 5.12. The Balaban J connectivity index is 2.98. The molecule has 1 rings (SSSR count). The molecule has 1 aromatic rings. The molecule has 0 saturated carbocycles. The molecular formula is C11H13FO5S. The van der Waals surface area contributed by atoms with E-state index < -0.39 is 10.5 Å². The van der Waals surface area contributed by atoms with Gasteiger partial charge in [-0.3, -0.25) is 0 Å². The maximum Gasteiger partial charge on any atom is 0.488 e. The van der Waals surface area contributed by atoms with Gasteiger partial charge in [0.1, 0.15) is 5.78 Å². The quantitative estimate of drug-likeness (QED) is 0.741. The van der Waals surface area contributed by atoms with Crippen LogP contribution in [0.4, 0.5) is 3.89 Å². The van der Waals surface area contributed by atoms with Gasteiger partial charge in [0, 0.05) is 6.42 Å². The molecule has 0 bridgehead atoms. The molecule has 0 heterocycles. The summed E-state index contributed by atoms with van der Waals surface area (Å²) in [7, 11) is -3.80. The summed E-state index contributed by atoms with van der Waals surface area (Å²) >= 11 is 0. The molecule has 0 saturated heterocycles. The third-order valence-electron chi connectivity index (χ3n) is 2.18. The Bertz CT molecular complexity index is 538. The lowest BCUT2D eigenvalue weighted by atomic mass is 10.1. The fourth-order valence-corrected chi connectivity index (χ4v) is 1.71. The second kappa shape index (κ2) is 5.81. The molecule has 0 unspecified atom stereocenters. The molecule has 100 valence electrons. The Hall–Kier alpha value is -1.63. The van der Waals surface area contributed by atoms with Crippen LogP contribution in [0.3, 0.4) is 0 Å². The number of halogens is 1. The number of ketones is 1. The number of hydrogen-bond donors (Lipinski definition) is 0. The predicted octanol–water partition coefficient (Wildman–Crippen LogP) is 1.81. The average Bonchev–Trinajstić information content (AvgIpc) is 2.24. The van der Waals surface area contributed by atoms with E-state index >= 15 is 0 Å². The molecule has 0 fully saturated rings. The van der Waals surface area contributed by atoms with Gasteiger partial charge in [0.15, 0.2) is 11.5 Å². The molecule has 1 aromatic carbocycles. The normalized spacial score (nSPS) is 11.1. The first-order valence-corrected chi connectivity index (χ1v) is 6.43. The molecule has 0 aliphatic carbocycles. The average molecular weight is 276 g/mol. The zero-order valence-electron chi connectivity index (χ0n) is 9.97. The van der Waals surface area contributed by atoms with Gasteiger partial charge in [-0.2, -0.15) is 8.42 Å². The smallest absolute Gasteiger partial charge is 0.488 e. The predicted molar refractivity (Wildman–Crippen MR) is 62.7 cm³/mol. The third kappa shape index (κ3) is 4.70. The van der Waals surface area contributed by atoms with Gasteiger partial charge in [0.2, 0.25) is 0 Å². The highest BCUT2D eigenvalue weighted by atomic mass is 32.3. The van der Waals surface area contributed by atoms with Gasteiger partial charge in [0.25, 0.3) is 0 Å². The van der Waals surface area contributed by atoms with Crippen LogP contribution in [-0.4, -0.2) is 21.3 Å². The maximum atomic E-state index is 12.5. The lowest BCUT2D eigenvalue weighted by molar-refractivity contribution is -0.116. The lowest BCUT2D eigenvalue weighted by Crippen LogP contribution is -2.03. The number of hydrogen-bond acceptors (Lipinski definition) is 5. The summed E-state index contributed by atoms with van der Waals surface area (Å²) in [5.74, 6) is -0.129. The Morgan fingerprint density at radius 1 is 1.33 bits per heavy atom. The van der Waals surface area contributed by atoms with Gasteiger partial charge in [-0.25, -0.2) is 0 Å². The Morgan fingerprint density at radius 2 is 2.00 bits per heavy atom. The Labute approximate surface area is 105 Å². The van der Waals surface area contributed by atoms with Crippen molar-refractivity contribution in [3.8, 4) is 11.5 Å². The fraction of sp³-hybridized carbons (Fsp3) is 0.364. The van der Waals surface area contributed by atoms with Gasteiger partial charge >= 0.3 is 10.5 Å². The molecule has 0 atom stereocenters. The molecule has 0 aromatic heterocycles. The van der Waals surface area contributed by atoms with Crippen LogP contribution in [0.25, 0.3) is 0 Å². The number of ether oxygens (including phenoxy) is 1. The van der Waals surface area contributed by atoms with Crippen LogP contribution in [0.5, 0.6) is 11.5 Å². The van der Waals surface area contributed by atoms with Crippen molar-refractivity contribution in [1.82, 2.24) is 0 Å². The second-order valence-electron chi connectivity index (χ2n) is 3.66. The number of rotatable bonds is 6. The minimum absolute atomic E-state index is 0.00593. The molecule has 0 amide bonds. The standard InChI is InChI=1S/C11H13FO5S/c1-8(13)3-4-9-5-6-10(16-2)11(7-9)17-18(12,14)15/h5-7H,3-4H2,1-2H3. The second-order valence-corrected chi connectivity index (χ2v) is 4.62. The molecule has 0 radical (unpaired) electrons. The highest BCUT2D eigenvalue weighted by Gasteiger charge is 2.15. The van der Waals surface area contributed by atoms with Crippen molar-refractivity contribution in [2.24, 2.45) is 0 Å². The number of methoxy groups -OCH3 is 1. The van der Waals surface area contributed by atoms with Gasteiger partial charge in [-0.05, 0) is 31.0 Å². The monoisotopic (exact) mass is 276 g/mol. The van der Waals surface area contributed by atoms with E-state index in [1.807, 2.05) is 0 Å². The first kappa shape index (κ1) is 14.4. The van der Waals surface area contributed by atoms with Crippen LogP contribution in [-0.2, 0) is 21.7 Å². The highest BCUT2D eigenvalue weighted by molar-refractivity contribution is 7.81. The van der Waals surface area contributed by atoms with E-state index in [1.165, 1.54) is 26.2 Å². The number of carbonyl (C=O) groups excluding carboxylic acids is 1. The SMILES string of the molecule is COc1ccc(CCC(C)=O)cc1OS(=O)(=O)F. The number of benzene rings is 1. The fourth-order valence-electron chi connectivity index (χ4n) is 1.37. The number of Topliss-reactive ketones (excluding diaryl/α,β-unsaturated/α-hetero) is 1. The molecule has 0 spiro atoms. The van der Waals surface area contributed by atoms with Crippen molar-refractivity contribution < 1.29 is 26.0 Å². The summed E-state index contributed by atoms with van der Waals surface area (Å²) < 4.78 is 42.4. The van der Waals surface area contributed by atoms with Crippen LogP contribution in [0, 0.1) is 0 Å². The van der Waals surface area contributed by atoms with E-state index in [1.54, 1.807) is 6.07 Å². The van der Waals surface area contributed by atoms with Crippen LogP contribution < -0.4 is 8.92 Å². The summed E-state index contributed by atoms with van der Waals surface area (Å²) in [6, 6.07) is 4.44. The zero-order valence-corrected chi connectivity index (χ0v) is 10.8. The van der Waals surface area contributed by atoms with Crippen LogP contribution in [0.1, 0.15) is 18.9 Å². The van der Waals surface area contributed by atoms with Crippen LogP contribution >= 0.6 is 0 Å². The summed E-state index contributed by atoms with van der Waals surface area (Å²) in [5, 5.41) is 0. The molecule has 18 heavy (non-hydrogen) atoms. The number of aryl methyl sites for hydroxylation is 1. The molecule has 0 aliphatic heterocycles. The van der Waals surface area contributed by atoms with Gasteiger partial charge in [0.05, 0.1) is 7.11 Å². The largest absolute Gasteiger partial charge is 0.493 e. The number of carbonyl (C=O) groups is 1. The van der Waals surface area contributed by atoms with E-state index in [0.29, 0.717) is 18.4 Å². The molecule has 7 heteroatoms. The van der Waals surface area contributed by atoms with Gasteiger partial charge in [-0.1, -0.05) is 9.95 Å². The maximum absolute atomic E-state index is 12.5. The van der Waals surface area contributed by atoms with E-state index in [9.17, 15) is 17.1 Å². The summed E-state index contributed by atoms with van der Waals surface area (Å²) in [4.78, 5) is 10.8. The summed E-state index contributed by atoms with van der Waals surface area (Å²) in [6.45, 7) is 1.45. The van der Waals surface area contributed by atoms with E-state index in [4.69, 9.17) is 4.74 Å². The van der Waals surface area contributed by atoms with E-state index in [0.717, 1.165) is 0 Å². The first-order chi connectivity index (χ1) is 8.31. The third-order valence-corrected chi connectivity index (χ3v) is 2.56. The molecule has 0 aliphatic rings. The highest BCUT2D eigenvalue weighted by Crippen LogP contribution is 2.30. The lowest BCUT2D eigenvalue weighted by Gasteiger charge is -2.08. The molecule has 0 N–H and O–H groups in total. The van der Waals surface area contributed by atoms with Crippen molar-refractivity contribution in [3.63, 3.8) is 0 Å². The van der Waals surface area contributed by atoms with E-state index in [2.05, 4.69) is 4.18 Å². The Kier molecular flexibility index (Phi) is 4.66. The Morgan fingerprint density at radius 3 is 2.50 bits per heavy atom. The van der Waals surface area contributed by atoms with Crippen molar-refractivity contribution in [1.29, 1.82) is 0 Å². The summed E-state index contributed by atoms with van der Waals surface area (Å²) in [5.41, 5.74) is 0.657. The van der Waals surface area contributed by atoms with Crippen molar-refractivity contribution in [2.45, 2.75) is 19.8 Å². The topological polar surface area (TPSA) is 69.7 Å². The molecular weight excluding hydrogens is 263 g/mol. The van der Waals surface area contributed by atoms with Gasteiger partial charge in [-0.15, -0.1) is 0 Å². The molecule has 5 nitrogen and oxygen atoms in total. The van der Waals surface area contributed by atoms with Crippen molar-refractivity contribution in [3.05, 3.63) is 23.8 Å². The minimum Gasteiger partial charge on any atom is -0.493 e. The summed E-state index contributed by atoms with van der Waals surface area (Å²) in [6.07, 6.45) is 0.732. The van der Waals surface area contributed by atoms with E-state index in [-0.39, 0.29) is 17.3 Å².